The SMILES string of the molecule is NC(=S)c1cc(Cc2ccc(F)cc2F)ns1. The van der Waals surface area contributed by atoms with Gasteiger partial charge in [-0.1, -0.05) is 18.3 Å². The lowest BCUT2D eigenvalue weighted by Gasteiger charge is -2.00. The Labute approximate surface area is 106 Å². The first-order valence-corrected chi connectivity index (χ1v) is 5.94. The highest BCUT2D eigenvalue weighted by molar-refractivity contribution is 7.81. The van der Waals surface area contributed by atoms with Crippen LogP contribution in [0, 0.1) is 11.6 Å². The van der Waals surface area contributed by atoms with E-state index in [-0.39, 0.29) is 4.99 Å². The smallest absolute Gasteiger partial charge is 0.129 e. The van der Waals surface area contributed by atoms with E-state index in [0.29, 0.717) is 22.6 Å². The van der Waals surface area contributed by atoms with Crippen molar-refractivity contribution in [3.05, 3.63) is 52.0 Å². The minimum absolute atomic E-state index is 0.272. The van der Waals surface area contributed by atoms with Crippen LogP contribution in [-0.4, -0.2) is 9.36 Å². The summed E-state index contributed by atoms with van der Waals surface area (Å²) in [5, 5.41) is 0. The molecule has 0 saturated carbocycles. The Morgan fingerprint density at radius 3 is 2.71 bits per heavy atom. The van der Waals surface area contributed by atoms with Gasteiger partial charge in [0.15, 0.2) is 0 Å². The highest BCUT2D eigenvalue weighted by Gasteiger charge is 2.09. The average Bonchev–Trinajstić information content (AvgIpc) is 2.71. The van der Waals surface area contributed by atoms with Crippen molar-refractivity contribution in [1.29, 1.82) is 0 Å². The first-order valence-electron chi connectivity index (χ1n) is 4.75. The van der Waals surface area contributed by atoms with Crippen LogP contribution in [0.1, 0.15) is 16.1 Å². The Bertz CT molecular complexity index is 566. The highest BCUT2D eigenvalue weighted by Crippen LogP contribution is 2.17. The normalized spacial score (nSPS) is 10.5. The number of hydrogen-bond acceptors (Lipinski definition) is 3. The van der Waals surface area contributed by atoms with Gasteiger partial charge in [0.25, 0.3) is 0 Å². The van der Waals surface area contributed by atoms with Crippen molar-refractivity contribution >= 4 is 28.7 Å². The lowest BCUT2D eigenvalue weighted by molar-refractivity contribution is 0.574. The molecule has 1 aromatic carbocycles. The molecule has 0 aliphatic heterocycles. The summed E-state index contributed by atoms with van der Waals surface area (Å²) in [7, 11) is 0. The molecule has 2 nitrogen and oxygen atoms in total. The van der Waals surface area contributed by atoms with Crippen molar-refractivity contribution in [3.8, 4) is 0 Å². The number of hydrogen-bond donors (Lipinski definition) is 1. The molecule has 0 radical (unpaired) electrons. The van der Waals surface area contributed by atoms with Gasteiger partial charge < -0.3 is 5.73 Å². The zero-order valence-corrected chi connectivity index (χ0v) is 10.2. The maximum atomic E-state index is 13.4. The summed E-state index contributed by atoms with van der Waals surface area (Å²) in [5.74, 6) is -1.16. The van der Waals surface area contributed by atoms with Crippen LogP contribution >= 0.6 is 23.8 Å². The lowest BCUT2D eigenvalue weighted by atomic mass is 10.1. The van der Waals surface area contributed by atoms with Gasteiger partial charge in [-0.3, -0.25) is 0 Å². The van der Waals surface area contributed by atoms with E-state index in [2.05, 4.69) is 4.37 Å². The van der Waals surface area contributed by atoms with E-state index in [1.165, 1.54) is 23.7 Å². The van der Waals surface area contributed by atoms with Crippen LogP contribution in [0.3, 0.4) is 0 Å². The zero-order valence-electron chi connectivity index (χ0n) is 8.61. The maximum Gasteiger partial charge on any atom is 0.129 e. The van der Waals surface area contributed by atoms with E-state index < -0.39 is 11.6 Å². The second kappa shape index (κ2) is 4.85. The molecule has 88 valence electrons. The number of aromatic nitrogens is 1. The van der Waals surface area contributed by atoms with Crippen LogP contribution in [-0.2, 0) is 6.42 Å². The molecule has 0 bridgehead atoms. The van der Waals surface area contributed by atoms with Gasteiger partial charge in [-0.05, 0) is 29.2 Å². The predicted molar refractivity (Wildman–Crippen MR) is 67.2 cm³/mol. The van der Waals surface area contributed by atoms with E-state index in [4.69, 9.17) is 18.0 Å². The molecule has 2 N–H and O–H groups in total. The van der Waals surface area contributed by atoms with Crippen molar-refractivity contribution in [2.24, 2.45) is 5.73 Å². The fourth-order valence-electron chi connectivity index (χ4n) is 1.37. The molecule has 1 heterocycles. The fraction of sp³-hybridized carbons (Fsp3) is 0.0909. The number of rotatable bonds is 3. The van der Waals surface area contributed by atoms with Crippen molar-refractivity contribution < 1.29 is 8.78 Å². The average molecular weight is 270 g/mol. The van der Waals surface area contributed by atoms with Gasteiger partial charge in [0.2, 0.25) is 0 Å². The second-order valence-electron chi connectivity index (χ2n) is 3.46. The Morgan fingerprint density at radius 2 is 2.12 bits per heavy atom. The number of halogens is 2. The zero-order chi connectivity index (χ0) is 12.4. The van der Waals surface area contributed by atoms with Crippen LogP contribution in [0.15, 0.2) is 24.3 Å². The van der Waals surface area contributed by atoms with Crippen molar-refractivity contribution in [1.82, 2.24) is 4.37 Å². The molecule has 0 atom stereocenters. The topological polar surface area (TPSA) is 38.9 Å². The second-order valence-corrected chi connectivity index (χ2v) is 4.70. The molecule has 2 aromatic rings. The third-order valence-corrected chi connectivity index (χ3v) is 3.40. The van der Waals surface area contributed by atoms with Crippen molar-refractivity contribution in [3.63, 3.8) is 0 Å². The third kappa shape index (κ3) is 2.83. The fourth-order valence-corrected chi connectivity index (χ4v) is 2.15. The van der Waals surface area contributed by atoms with Crippen molar-refractivity contribution in [2.45, 2.75) is 6.42 Å². The predicted octanol–water partition coefficient (Wildman–Crippen LogP) is 2.65. The van der Waals surface area contributed by atoms with Gasteiger partial charge in [0.05, 0.1) is 10.6 Å². The number of thiocarbonyl (C=S) groups is 1. The monoisotopic (exact) mass is 270 g/mol. The molecule has 0 unspecified atom stereocenters. The number of nitrogens with zero attached hydrogens (tertiary/aromatic N) is 1. The van der Waals surface area contributed by atoms with Crippen LogP contribution in [0.4, 0.5) is 8.78 Å². The molecule has 6 heteroatoms. The quantitative estimate of drug-likeness (QED) is 0.871. The van der Waals surface area contributed by atoms with E-state index >= 15 is 0 Å². The van der Waals surface area contributed by atoms with Gasteiger partial charge in [-0.25, -0.2) is 8.78 Å². The molecular formula is C11H8F2N2S2. The highest BCUT2D eigenvalue weighted by atomic mass is 32.1. The summed E-state index contributed by atoms with van der Waals surface area (Å²) >= 11 is 5.98. The van der Waals surface area contributed by atoms with E-state index in [1.807, 2.05) is 0 Å². The Balaban J connectivity index is 2.22. The molecule has 0 fully saturated rings. The van der Waals surface area contributed by atoms with Gasteiger partial charge in [-0.2, -0.15) is 4.37 Å². The van der Waals surface area contributed by atoms with E-state index in [1.54, 1.807) is 6.07 Å². The first-order chi connectivity index (χ1) is 8.06. The largest absolute Gasteiger partial charge is 0.389 e. The summed E-state index contributed by atoms with van der Waals surface area (Å²) in [6, 6.07) is 5.20. The summed E-state index contributed by atoms with van der Waals surface area (Å²) in [6.07, 6.45) is 0.297. The molecule has 0 spiro atoms. The summed E-state index contributed by atoms with van der Waals surface area (Å²) < 4.78 is 30.2. The number of benzene rings is 1. The Hall–Kier alpha value is -1.40. The third-order valence-electron chi connectivity index (χ3n) is 2.19. The molecule has 0 aliphatic rings. The molecule has 0 aliphatic carbocycles. The lowest BCUT2D eigenvalue weighted by Crippen LogP contribution is -2.06. The van der Waals surface area contributed by atoms with Crippen LogP contribution in [0.5, 0.6) is 0 Å². The molecule has 1 aromatic heterocycles. The first kappa shape index (κ1) is 12.1. The number of nitrogens with two attached hydrogens (primary N) is 1. The maximum absolute atomic E-state index is 13.4. The van der Waals surface area contributed by atoms with E-state index in [0.717, 1.165) is 6.07 Å². The van der Waals surface area contributed by atoms with Crippen molar-refractivity contribution in [2.75, 3.05) is 0 Å². The van der Waals surface area contributed by atoms with Gasteiger partial charge in [-0.15, -0.1) is 0 Å². The van der Waals surface area contributed by atoms with E-state index in [9.17, 15) is 8.78 Å². The molecule has 2 rings (SSSR count). The van der Waals surface area contributed by atoms with Crippen LogP contribution in [0.2, 0.25) is 0 Å². The summed E-state index contributed by atoms with van der Waals surface area (Å²) in [6.45, 7) is 0. The Kier molecular flexibility index (Phi) is 3.44. The van der Waals surface area contributed by atoms with Gasteiger partial charge in [0, 0.05) is 12.5 Å². The van der Waals surface area contributed by atoms with Gasteiger partial charge >= 0.3 is 0 Å². The standard InChI is InChI=1S/C11H8F2N2S2/c12-7-2-1-6(9(13)4-7)3-8-5-10(11(14)16)17-15-8/h1-2,4-5H,3H2,(H2,14,16). The van der Waals surface area contributed by atoms with Crippen LogP contribution in [0.25, 0.3) is 0 Å². The summed E-state index contributed by atoms with van der Waals surface area (Å²) in [4.78, 5) is 0.964. The molecule has 0 saturated heterocycles. The van der Waals surface area contributed by atoms with Gasteiger partial charge in [0.1, 0.15) is 16.6 Å². The molecule has 0 amide bonds. The Morgan fingerprint density at radius 1 is 1.35 bits per heavy atom. The minimum Gasteiger partial charge on any atom is -0.389 e. The molecular weight excluding hydrogens is 262 g/mol. The van der Waals surface area contributed by atoms with Crippen LogP contribution < -0.4 is 5.73 Å². The minimum atomic E-state index is -0.589. The summed E-state index contributed by atoms with van der Waals surface area (Å²) in [5.41, 5.74) is 6.51. The molecule has 17 heavy (non-hydrogen) atoms.